The smallest absolute Gasteiger partial charge is 0.169 e. The number of hydrogen-bond donors (Lipinski definition) is 3. The Kier molecular flexibility index (Phi) is 3.81. The summed E-state index contributed by atoms with van der Waals surface area (Å²) in [4.78, 5) is 0. The van der Waals surface area contributed by atoms with Crippen molar-refractivity contribution in [3.05, 3.63) is 30.1 Å². The highest BCUT2D eigenvalue weighted by Gasteiger charge is 2.14. The molecule has 0 bridgehead atoms. The van der Waals surface area contributed by atoms with Crippen LogP contribution in [-0.2, 0) is 13.5 Å². The first kappa shape index (κ1) is 14.5. The van der Waals surface area contributed by atoms with Gasteiger partial charge < -0.3 is 11.1 Å². The number of nitrogens with two attached hydrogens (primary N) is 1. The van der Waals surface area contributed by atoms with E-state index in [0.29, 0.717) is 5.82 Å². The maximum atomic E-state index is 5.58. The second-order valence-electron chi connectivity index (χ2n) is 5.28. The molecule has 0 saturated heterocycles. The van der Waals surface area contributed by atoms with Gasteiger partial charge in [-0.25, -0.2) is 0 Å². The minimum absolute atomic E-state index is 0.206. The van der Waals surface area contributed by atoms with Crippen molar-refractivity contribution in [1.29, 1.82) is 0 Å². The Balaban J connectivity index is 2.21. The number of hydrogen-bond acceptors (Lipinski definition) is 3. The van der Waals surface area contributed by atoms with E-state index < -0.39 is 0 Å². The van der Waals surface area contributed by atoms with Gasteiger partial charge in [0.1, 0.15) is 0 Å². The molecule has 22 heavy (non-hydrogen) atoms. The fourth-order valence-electron chi connectivity index (χ4n) is 2.61. The maximum Gasteiger partial charge on any atom is 0.169 e. The SMILES string of the molecule is CCCc1cc(-c2cnn(C)c2)c2[nH]nc(NC(N)=S)c2c1. The lowest BCUT2D eigenvalue weighted by molar-refractivity contribution is 0.768. The van der Waals surface area contributed by atoms with Crippen LogP contribution in [0.2, 0.25) is 0 Å². The first-order valence-corrected chi connectivity index (χ1v) is 7.55. The van der Waals surface area contributed by atoms with Crippen molar-refractivity contribution in [2.75, 3.05) is 5.32 Å². The van der Waals surface area contributed by atoms with Crippen molar-refractivity contribution in [3.63, 3.8) is 0 Å². The largest absolute Gasteiger partial charge is 0.376 e. The lowest BCUT2D eigenvalue weighted by Gasteiger charge is -2.06. The number of aryl methyl sites for hydroxylation is 2. The molecular weight excluding hydrogens is 296 g/mol. The van der Waals surface area contributed by atoms with Gasteiger partial charge in [0, 0.05) is 29.8 Å². The lowest BCUT2D eigenvalue weighted by Crippen LogP contribution is -2.19. The number of fused-ring (bicyclic) bond motifs is 1. The summed E-state index contributed by atoms with van der Waals surface area (Å²) in [5.74, 6) is 0.658. The number of nitrogens with one attached hydrogen (secondary N) is 2. The van der Waals surface area contributed by atoms with E-state index in [0.717, 1.165) is 34.9 Å². The van der Waals surface area contributed by atoms with Gasteiger partial charge in [-0.1, -0.05) is 13.3 Å². The fourth-order valence-corrected chi connectivity index (χ4v) is 2.71. The van der Waals surface area contributed by atoms with Gasteiger partial charge in [-0.3, -0.25) is 9.78 Å². The molecule has 0 aliphatic rings. The van der Waals surface area contributed by atoms with Gasteiger partial charge in [-0.05, 0) is 36.3 Å². The van der Waals surface area contributed by atoms with E-state index in [2.05, 4.69) is 39.7 Å². The number of benzene rings is 1. The second kappa shape index (κ2) is 5.76. The monoisotopic (exact) mass is 314 g/mol. The molecule has 0 spiro atoms. The van der Waals surface area contributed by atoms with Crippen molar-refractivity contribution >= 4 is 34.1 Å². The second-order valence-corrected chi connectivity index (χ2v) is 5.72. The van der Waals surface area contributed by atoms with Crippen molar-refractivity contribution < 1.29 is 0 Å². The zero-order chi connectivity index (χ0) is 15.7. The molecule has 4 N–H and O–H groups in total. The summed E-state index contributed by atoms with van der Waals surface area (Å²) < 4.78 is 1.79. The van der Waals surface area contributed by atoms with Crippen LogP contribution < -0.4 is 11.1 Å². The van der Waals surface area contributed by atoms with Gasteiger partial charge in [-0.15, -0.1) is 0 Å². The zero-order valence-electron chi connectivity index (χ0n) is 12.6. The molecule has 1 aromatic carbocycles. The van der Waals surface area contributed by atoms with Gasteiger partial charge in [0.15, 0.2) is 10.9 Å². The Hall–Kier alpha value is -2.41. The molecule has 0 fully saturated rings. The number of rotatable bonds is 4. The molecule has 0 aliphatic carbocycles. The van der Waals surface area contributed by atoms with Crippen molar-refractivity contribution in [1.82, 2.24) is 20.0 Å². The lowest BCUT2D eigenvalue weighted by atomic mass is 10.00. The summed E-state index contributed by atoms with van der Waals surface area (Å²) in [5.41, 5.74) is 9.91. The minimum atomic E-state index is 0.206. The van der Waals surface area contributed by atoms with Crippen LogP contribution in [0, 0.1) is 0 Å². The van der Waals surface area contributed by atoms with Crippen molar-refractivity contribution in [3.8, 4) is 11.1 Å². The standard InChI is InChI=1S/C15H18N6S/c1-3-4-9-5-11(10-7-17-21(2)8-10)13-12(6-9)14(20-19-13)18-15(16)22/h5-8H,3-4H2,1-2H3,(H4,16,18,19,20,22). The Morgan fingerprint density at radius 2 is 2.27 bits per heavy atom. The maximum absolute atomic E-state index is 5.58. The number of anilines is 1. The predicted molar refractivity (Wildman–Crippen MR) is 92.7 cm³/mol. The molecular formula is C15H18N6S. The molecule has 0 unspecified atom stereocenters. The van der Waals surface area contributed by atoms with Crippen LogP contribution in [0.15, 0.2) is 24.5 Å². The number of aromatic amines is 1. The Labute approximate surface area is 133 Å². The Bertz CT molecular complexity index is 832. The number of thiocarbonyl (C=S) groups is 1. The minimum Gasteiger partial charge on any atom is -0.376 e. The third-order valence-corrected chi connectivity index (χ3v) is 3.63. The van der Waals surface area contributed by atoms with Gasteiger partial charge in [-0.2, -0.15) is 10.2 Å². The van der Waals surface area contributed by atoms with E-state index in [1.165, 1.54) is 5.56 Å². The highest BCUT2D eigenvalue weighted by Crippen LogP contribution is 2.32. The quantitative estimate of drug-likeness (QED) is 0.645. The van der Waals surface area contributed by atoms with E-state index in [-0.39, 0.29) is 5.11 Å². The van der Waals surface area contributed by atoms with E-state index in [9.17, 15) is 0 Å². The van der Waals surface area contributed by atoms with E-state index in [1.54, 1.807) is 4.68 Å². The van der Waals surface area contributed by atoms with Gasteiger partial charge in [0.25, 0.3) is 0 Å². The van der Waals surface area contributed by atoms with Crippen molar-refractivity contribution in [2.45, 2.75) is 19.8 Å². The zero-order valence-corrected chi connectivity index (χ0v) is 13.4. The Morgan fingerprint density at radius 3 is 2.91 bits per heavy atom. The number of H-pyrrole nitrogens is 1. The molecule has 3 aromatic rings. The van der Waals surface area contributed by atoms with Gasteiger partial charge in [0.05, 0.1) is 11.7 Å². The molecule has 0 saturated carbocycles. The molecule has 7 heteroatoms. The summed E-state index contributed by atoms with van der Waals surface area (Å²) in [7, 11) is 1.91. The van der Waals surface area contributed by atoms with Crippen LogP contribution in [0.3, 0.4) is 0 Å². The van der Waals surface area contributed by atoms with Crippen LogP contribution >= 0.6 is 12.2 Å². The molecule has 2 aromatic heterocycles. The van der Waals surface area contributed by atoms with E-state index in [1.807, 2.05) is 19.4 Å². The molecule has 3 rings (SSSR count). The third kappa shape index (κ3) is 2.67. The van der Waals surface area contributed by atoms with Crippen molar-refractivity contribution in [2.24, 2.45) is 12.8 Å². The van der Waals surface area contributed by atoms with Gasteiger partial charge in [0.2, 0.25) is 0 Å². The van der Waals surface area contributed by atoms with Crippen LogP contribution in [0.5, 0.6) is 0 Å². The number of nitrogens with zero attached hydrogens (tertiary/aromatic N) is 3. The van der Waals surface area contributed by atoms with Gasteiger partial charge >= 0.3 is 0 Å². The predicted octanol–water partition coefficient (Wildman–Crippen LogP) is 2.57. The van der Waals surface area contributed by atoms with E-state index in [4.69, 9.17) is 18.0 Å². The highest BCUT2D eigenvalue weighted by molar-refractivity contribution is 7.80. The average Bonchev–Trinajstić information content (AvgIpc) is 3.05. The highest BCUT2D eigenvalue weighted by atomic mass is 32.1. The van der Waals surface area contributed by atoms with Crippen LogP contribution in [0.4, 0.5) is 5.82 Å². The summed E-state index contributed by atoms with van der Waals surface area (Å²) in [6.07, 6.45) is 5.92. The molecule has 114 valence electrons. The summed E-state index contributed by atoms with van der Waals surface area (Å²) in [6.45, 7) is 2.16. The normalized spacial score (nSPS) is 11.0. The van der Waals surface area contributed by atoms with Crippen LogP contribution in [0.25, 0.3) is 22.0 Å². The molecule has 0 aliphatic heterocycles. The molecule has 0 radical (unpaired) electrons. The first-order chi connectivity index (χ1) is 10.6. The molecule has 2 heterocycles. The molecule has 0 amide bonds. The molecule has 6 nitrogen and oxygen atoms in total. The van der Waals surface area contributed by atoms with Crippen LogP contribution in [0.1, 0.15) is 18.9 Å². The summed E-state index contributed by atoms with van der Waals surface area (Å²) in [5, 5.41) is 15.7. The third-order valence-electron chi connectivity index (χ3n) is 3.53. The van der Waals surface area contributed by atoms with E-state index >= 15 is 0 Å². The van der Waals surface area contributed by atoms with Crippen LogP contribution in [-0.4, -0.2) is 25.1 Å². The topological polar surface area (TPSA) is 84.5 Å². The Morgan fingerprint density at radius 1 is 1.45 bits per heavy atom. The average molecular weight is 314 g/mol. The molecule has 0 atom stereocenters. The first-order valence-electron chi connectivity index (χ1n) is 7.15. The fraction of sp³-hybridized carbons (Fsp3) is 0.267. The summed E-state index contributed by atoms with van der Waals surface area (Å²) >= 11 is 4.92. The summed E-state index contributed by atoms with van der Waals surface area (Å²) in [6, 6.07) is 4.31. The number of aromatic nitrogens is 4.